The van der Waals surface area contributed by atoms with Gasteiger partial charge in [0, 0.05) is 12.4 Å². The average molecular weight is 229 g/mol. The van der Waals surface area contributed by atoms with E-state index in [4.69, 9.17) is 0 Å². The summed E-state index contributed by atoms with van der Waals surface area (Å²) >= 11 is 0. The highest BCUT2D eigenvalue weighted by Gasteiger charge is 1.92. The third-order valence-electron chi connectivity index (χ3n) is 2.05. The second-order valence-electron chi connectivity index (χ2n) is 4.10. The van der Waals surface area contributed by atoms with Gasteiger partial charge in [-0.25, -0.2) is 0 Å². The Kier molecular flexibility index (Phi) is 8.67. The summed E-state index contributed by atoms with van der Waals surface area (Å²) in [7, 11) is 0. The fourth-order valence-corrected chi connectivity index (χ4v) is 1.17. The van der Waals surface area contributed by atoms with Crippen molar-refractivity contribution in [1.29, 1.82) is 0 Å². The fourth-order valence-electron chi connectivity index (χ4n) is 1.17. The van der Waals surface area contributed by atoms with Crippen molar-refractivity contribution in [3.8, 4) is 0 Å². The lowest BCUT2D eigenvalue weighted by Crippen LogP contribution is -1.81. The largest absolute Gasteiger partial charge is 0.264 e. The molecule has 0 aliphatic heterocycles. The number of aliphatic imine (C=N–C) groups is 1. The molecule has 1 nitrogen and oxygen atoms in total. The maximum atomic E-state index is 4.27. The molecular formula is C16H23N. The lowest BCUT2D eigenvalue weighted by molar-refractivity contribution is 0.833. The van der Waals surface area contributed by atoms with E-state index in [2.05, 4.69) is 31.5 Å². The van der Waals surface area contributed by atoms with Crippen molar-refractivity contribution < 1.29 is 0 Å². The normalized spacial score (nSPS) is 14.6. The van der Waals surface area contributed by atoms with Gasteiger partial charge in [0.15, 0.2) is 0 Å². The number of hydrogen-bond acceptors (Lipinski definition) is 1. The molecule has 1 heteroatoms. The van der Waals surface area contributed by atoms with Crippen molar-refractivity contribution in [3.63, 3.8) is 0 Å². The van der Waals surface area contributed by atoms with Crippen molar-refractivity contribution in [2.75, 3.05) is 0 Å². The molecule has 0 bridgehead atoms. The monoisotopic (exact) mass is 229 g/mol. The highest BCUT2D eigenvalue weighted by atomic mass is 14.7. The minimum absolute atomic E-state index is 0.558. The van der Waals surface area contributed by atoms with Crippen LogP contribution in [0.2, 0.25) is 0 Å². The third-order valence-corrected chi connectivity index (χ3v) is 2.05. The van der Waals surface area contributed by atoms with Crippen LogP contribution in [0.3, 0.4) is 0 Å². The van der Waals surface area contributed by atoms with Crippen molar-refractivity contribution in [2.24, 2.45) is 10.9 Å². The lowest BCUT2D eigenvalue weighted by Gasteiger charge is -1.99. The number of hydrogen-bond donors (Lipinski definition) is 0. The maximum Gasteiger partial charge on any atom is 0.0342 e. The van der Waals surface area contributed by atoms with E-state index in [0.717, 1.165) is 11.1 Å². The molecule has 17 heavy (non-hydrogen) atoms. The van der Waals surface area contributed by atoms with Crippen molar-refractivity contribution in [3.05, 3.63) is 60.4 Å². The molecule has 0 aliphatic carbocycles. The van der Waals surface area contributed by atoms with Crippen molar-refractivity contribution in [1.82, 2.24) is 0 Å². The zero-order chi connectivity index (χ0) is 13.1. The molecule has 0 aromatic carbocycles. The van der Waals surface area contributed by atoms with Crippen molar-refractivity contribution in [2.45, 2.75) is 27.7 Å². The van der Waals surface area contributed by atoms with Crippen LogP contribution in [-0.4, -0.2) is 6.21 Å². The molecule has 0 rings (SSSR count). The topological polar surface area (TPSA) is 12.4 Å². The summed E-state index contributed by atoms with van der Waals surface area (Å²) in [5.74, 6) is 0.558. The van der Waals surface area contributed by atoms with Crippen LogP contribution >= 0.6 is 0 Å². The maximum absolute atomic E-state index is 4.27. The first-order valence-corrected chi connectivity index (χ1v) is 5.94. The summed E-state index contributed by atoms with van der Waals surface area (Å²) < 4.78 is 0. The minimum Gasteiger partial charge on any atom is -0.264 e. The second-order valence-corrected chi connectivity index (χ2v) is 4.10. The standard InChI is InChI=1S/C16H23N/c1-6-9-15(5)16(10-7-2)13-17-12-8-11-14(3)4/h6-14H,1H2,2-5H3/b10-7-,11-8-,15-9-,16-13+,17-12+. The molecule has 0 aliphatic rings. The van der Waals surface area contributed by atoms with Crippen LogP contribution in [0.1, 0.15) is 27.7 Å². The van der Waals surface area contributed by atoms with E-state index in [1.807, 2.05) is 50.6 Å². The molecule has 92 valence electrons. The molecule has 0 radical (unpaired) electrons. The SMILES string of the molecule is C=C\C=C(C)/C(/C=C\C)=C/N=C/C=C\C(C)C. The molecule has 0 saturated heterocycles. The predicted octanol–water partition coefficient (Wildman–Crippen LogP) is 4.86. The number of rotatable bonds is 6. The van der Waals surface area contributed by atoms with E-state index >= 15 is 0 Å². The first-order chi connectivity index (χ1) is 8.11. The van der Waals surface area contributed by atoms with Gasteiger partial charge in [0.2, 0.25) is 0 Å². The van der Waals surface area contributed by atoms with Gasteiger partial charge in [-0.2, -0.15) is 0 Å². The number of allylic oxidation sites excluding steroid dienone is 8. The molecule has 0 fully saturated rings. The van der Waals surface area contributed by atoms with Gasteiger partial charge in [-0.1, -0.05) is 50.8 Å². The molecule has 0 atom stereocenters. The van der Waals surface area contributed by atoms with Crippen LogP contribution < -0.4 is 0 Å². The molecule has 0 aromatic heterocycles. The van der Waals surface area contributed by atoms with E-state index in [-0.39, 0.29) is 0 Å². The first-order valence-electron chi connectivity index (χ1n) is 5.94. The predicted molar refractivity (Wildman–Crippen MR) is 79.3 cm³/mol. The Morgan fingerprint density at radius 3 is 2.53 bits per heavy atom. The second kappa shape index (κ2) is 9.59. The zero-order valence-electron chi connectivity index (χ0n) is 11.4. The molecular weight excluding hydrogens is 206 g/mol. The molecule has 0 aromatic rings. The fraction of sp³-hybridized carbons (Fsp3) is 0.312. The van der Waals surface area contributed by atoms with Crippen LogP contribution in [0.4, 0.5) is 0 Å². The molecule has 0 N–H and O–H groups in total. The highest BCUT2D eigenvalue weighted by Crippen LogP contribution is 2.11. The summed E-state index contributed by atoms with van der Waals surface area (Å²) in [6.45, 7) is 12.0. The van der Waals surface area contributed by atoms with Gasteiger partial charge in [-0.3, -0.25) is 4.99 Å². The van der Waals surface area contributed by atoms with Crippen LogP contribution in [0.25, 0.3) is 0 Å². The summed E-state index contributed by atoms with van der Waals surface area (Å²) in [6, 6.07) is 0. The van der Waals surface area contributed by atoms with E-state index in [1.54, 1.807) is 6.08 Å². The van der Waals surface area contributed by atoms with Gasteiger partial charge >= 0.3 is 0 Å². The average Bonchev–Trinajstić information content (AvgIpc) is 2.27. The molecule has 0 unspecified atom stereocenters. The summed E-state index contributed by atoms with van der Waals surface area (Å²) in [4.78, 5) is 4.27. The van der Waals surface area contributed by atoms with Gasteiger partial charge < -0.3 is 0 Å². The van der Waals surface area contributed by atoms with Crippen molar-refractivity contribution >= 4 is 6.21 Å². The van der Waals surface area contributed by atoms with E-state index in [9.17, 15) is 0 Å². The van der Waals surface area contributed by atoms with E-state index < -0.39 is 0 Å². The molecule has 0 amide bonds. The first kappa shape index (κ1) is 15.4. The van der Waals surface area contributed by atoms with Gasteiger partial charge in [0.1, 0.15) is 0 Å². The lowest BCUT2D eigenvalue weighted by atomic mass is 10.1. The molecule has 0 heterocycles. The summed E-state index contributed by atoms with van der Waals surface area (Å²) in [5, 5.41) is 0. The quantitative estimate of drug-likeness (QED) is 0.455. The minimum atomic E-state index is 0.558. The smallest absolute Gasteiger partial charge is 0.0342 e. The molecule has 0 saturated carbocycles. The zero-order valence-corrected chi connectivity index (χ0v) is 11.4. The highest BCUT2D eigenvalue weighted by molar-refractivity contribution is 5.71. The molecule has 0 spiro atoms. The van der Waals surface area contributed by atoms with Gasteiger partial charge in [-0.15, -0.1) is 0 Å². The van der Waals surface area contributed by atoms with E-state index in [1.165, 1.54) is 0 Å². The van der Waals surface area contributed by atoms with Gasteiger partial charge in [0.25, 0.3) is 0 Å². The Morgan fingerprint density at radius 1 is 1.29 bits per heavy atom. The van der Waals surface area contributed by atoms with Crippen LogP contribution in [-0.2, 0) is 0 Å². The summed E-state index contributed by atoms with van der Waals surface area (Å²) in [5.41, 5.74) is 2.25. The Bertz CT molecular complexity index is 363. The van der Waals surface area contributed by atoms with Crippen LogP contribution in [0, 0.1) is 5.92 Å². The Hall–Kier alpha value is -1.63. The van der Waals surface area contributed by atoms with Gasteiger partial charge in [-0.05, 0) is 37.0 Å². The summed E-state index contributed by atoms with van der Waals surface area (Å²) in [6.07, 6.45) is 15.6. The Labute approximate surface area is 106 Å². The Morgan fingerprint density at radius 2 is 2.00 bits per heavy atom. The third kappa shape index (κ3) is 8.21. The Balaban J connectivity index is 4.73. The van der Waals surface area contributed by atoms with E-state index in [0.29, 0.717) is 5.92 Å². The van der Waals surface area contributed by atoms with Crippen LogP contribution in [0.15, 0.2) is 65.4 Å². The van der Waals surface area contributed by atoms with Gasteiger partial charge in [0.05, 0.1) is 0 Å². The van der Waals surface area contributed by atoms with Crippen LogP contribution in [0.5, 0.6) is 0 Å². The number of nitrogens with zero attached hydrogens (tertiary/aromatic N) is 1.